The van der Waals surface area contributed by atoms with Crippen LogP contribution in [0.3, 0.4) is 0 Å². The minimum Gasteiger partial charge on any atom is -0.147 e. The Morgan fingerprint density at radius 3 is 1.72 bits per heavy atom. The number of hydrogen-bond donors (Lipinski definition) is 0. The van der Waals surface area contributed by atoms with E-state index in [4.69, 9.17) is 0 Å². The first-order valence-corrected chi connectivity index (χ1v) is 18.3. The Morgan fingerprint density at radius 1 is 0.759 bits per heavy atom. The average molecular weight is 520 g/mol. The molecule has 2 aliphatic carbocycles. The van der Waals surface area contributed by atoms with E-state index < -0.39 is 26.8 Å². The van der Waals surface area contributed by atoms with Gasteiger partial charge in [-0.25, -0.2) is 0 Å². The molecule has 0 heterocycles. The third-order valence-corrected chi connectivity index (χ3v) is 27.8. The van der Waals surface area contributed by atoms with Crippen LogP contribution in [0.4, 0.5) is 0 Å². The molecule has 29 heavy (non-hydrogen) atoms. The fraction of sp³-hybridized carbons (Fsp3) is 0.200. The van der Waals surface area contributed by atoms with Crippen LogP contribution >= 0.6 is 24.8 Å². The van der Waals surface area contributed by atoms with Crippen LogP contribution in [0.2, 0.25) is 0 Å². The summed E-state index contributed by atoms with van der Waals surface area (Å²) in [6.07, 6.45) is 9.56. The van der Waals surface area contributed by atoms with Gasteiger partial charge < -0.3 is 0 Å². The van der Waals surface area contributed by atoms with E-state index >= 15 is 0 Å². The predicted molar refractivity (Wildman–Crippen MR) is 131 cm³/mol. The molecule has 0 radical (unpaired) electrons. The zero-order valence-electron chi connectivity index (χ0n) is 17.3. The van der Waals surface area contributed by atoms with E-state index in [9.17, 15) is 0 Å². The molecular formula is C25H29Cl2SiZr. The maximum absolute atomic E-state index is 2.48. The maximum atomic E-state index is 2.48. The molecule has 0 unspecified atom stereocenters. The van der Waals surface area contributed by atoms with E-state index in [0.29, 0.717) is 0 Å². The maximum Gasteiger partial charge on any atom is -0.147 e. The smallest absolute Gasteiger partial charge is 0.147 e. The summed E-state index contributed by atoms with van der Waals surface area (Å²) in [6, 6.07) is 22.9. The number of rotatable bonds is 5. The molecule has 0 spiro atoms. The normalized spacial score (nSPS) is 15.4. The number of halogens is 2. The van der Waals surface area contributed by atoms with Crippen molar-refractivity contribution in [1.29, 1.82) is 0 Å². The molecule has 151 valence electrons. The molecule has 0 saturated heterocycles. The molecule has 0 atom stereocenters. The topological polar surface area (TPSA) is 0 Å². The van der Waals surface area contributed by atoms with Gasteiger partial charge in [0.15, 0.2) is 0 Å². The second kappa shape index (κ2) is 10.9. The Labute approximate surface area is 196 Å². The Bertz CT molecular complexity index is 919. The van der Waals surface area contributed by atoms with Crippen molar-refractivity contribution in [1.82, 2.24) is 0 Å². The zero-order valence-corrected chi connectivity index (χ0v) is 22.6. The van der Waals surface area contributed by atoms with Crippen LogP contribution < -0.4 is 10.4 Å². The van der Waals surface area contributed by atoms with Crippen LogP contribution in [0, 0.1) is 0 Å². The van der Waals surface area contributed by atoms with Crippen molar-refractivity contribution >= 4 is 41.1 Å². The van der Waals surface area contributed by atoms with E-state index in [1.54, 1.807) is 30.4 Å². The van der Waals surface area contributed by atoms with Crippen LogP contribution in [0.1, 0.15) is 33.6 Å². The summed E-state index contributed by atoms with van der Waals surface area (Å²) >= 11 is -2.02. The number of allylic oxidation sites excluding steroid dienone is 8. The fourth-order valence-electron chi connectivity index (χ4n) is 4.39. The molecule has 0 N–H and O–H groups in total. The second-order valence-corrected chi connectivity index (χ2v) is 22.6. The van der Waals surface area contributed by atoms with Gasteiger partial charge in [-0.15, -0.1) is 24.8 Å². The number of hydrogen-bond acceptors (Lipinski definition) is 0. The van der Waals surface area contributed by atoms with E-state index in [1.165, 1.54) is 12.8 Å². The SMILES string of the molecule is CC1=C(C)C(C)=[C]([Zr]([C]2=CC=CC2)[SiH](c2ccccc2)c2ccccc2)C1.Cl.Cl. The van der Waals surface area contributed by atoms with E-state index in [-0.39, 0.29) is 24.8 Å². The second-order valence-electron chi connectivity index (χ2n) is 7.68. The van der Waals surface area contributed by atoms with Gasteiger partial charge in [0.1, 0.15) is 0 Å². The van der Waals surface area contributed by atoms with E-state index in [2.05, 4.69) is 99.7 Å². The summed E-state index contributed by atoms with van der Waals surface area (Å²) in [4.78, 5) is 0. The minimum absolute atomic E-state index is 0. The summed E-state index contributed by atoms with van der Waals surface area (Å²) < 4.78 is 3.67. The molecule has 2 aliphatic rings. The van der Waals surface area contributed by atoms with Gasteiger partial charge in [0, 0.05) is 0 Å². The van der Waals surface area contributed by atoms with Crippen LogP contribution in [0.15, 0.2) is 102 Å². The summed E-state index contributed by atoms with van der Waals surface area (Å²) in [7, 11) is 0. The predicted octanol–water partition coefficient (Wildman–Crippen LogP) is 5.84. The Hall–Kier alpha value is -0.920. The molecule has 0 saturated carbocycles. The summed E-state index contributed by atoms with van der Waals surface area (Å²) in [5, 5.41) is 3.27. The summed E-state index contributed by atoms with van der Waals surface area (Å²) in [6.45, 7) is 7.07. The van der Waals surface area contributed by atoms with Crippen LogP contribution in [-0.4, -0.2) is 5.92 Å². The van der Waals surface area contributed by atoms with Crippen LogP contribution in [0.25, 0.3) is 0 Å². The summed E-state index contributed by atoms with van der Waals surface area (Å²) in [5.74, 6) is -1.26. The molecule has 2 aromatic carbocycles. The van der Waals surface area contributed by atoms with Gasteiger partial charge in [0.2, 0.25) is 0 Å². The monoisotopic (exact) mass is 517 g/mol. The first kappa shape index (κ1) is 24.4. The molecule has 2 aromatic rings. The van der Waals surface area contributed by atoms with Crippen LogP contribution in [0.5, 0.6) is 0 Å². The van der Waals surface area contributed by atoms with Crippen molar-refractivity contribution in [3.63, 3.8) is 0 Å². The van der Waals surface area contributed by atoms with Gasteiger partial charge in [0.05, 0.1) is 0 Å². The van der Waals surface area contributed by atoms with Crippen molar-refractivity contribution in [3.05, 3.63) is 102 Å². The van der Waals surface area contributed by atoms with Crippen molar-refractivity contribution in [2.24, 2.45) is 0 Å². The molecule has 0 aromatic heterocycles. The first-order chi connectivity index (χ1) is 13.2. The van der Waals surface area contributed by atoms with E-state index in [1.807, 2.05) is 3.28 Å². The van der Waals surface area contributed by atoms with Gasteiger partial charge in [-0.2, -0.15) is 0 Å². The van der Waals surface area contributed by atoms with Crippen molar-refractivity contribution in [2.45, 2.75) is 33.6 Å². The van der Waals surface area contributed by atoms with E-state index in [0.717, 1.165) is 0 Å². The molecule has 4 rings (SSSR count). The molecule has 4 heteroatoms. The minimum atomic E-state index is -2.02. The largest absolute Gasteiger partial charge is 0.147 e. The molecular weight excluding hydrogens is 490 g/mol. The third-order valence-electron chi connectivity index (χ3n) is 6.09. The Kier molecular flexibility index (Phi) is 9.16. The van der Waals surface area contributed by atoms with Gasteiger partial charge in [-0.1, -0.05) is 0 Å². The molecule has 0 nitrogen and oxygen atoms in total. The third kappa shape index (κ3) is 5.05. The molecule has 0 amide bonds. The van der Waals surface area contributed by atoms with Gasteiger partial charge in [0.25, 0.3) is 0 Å². The van der Waals surface area contributed by atoms with Gasteiger partial charge in [-0.05, 0) is 0 Å². The van der Waals surface area contributed by atoms with Gasteiger partial charge >= 0.3 is 173 Å². The van der Waals surface area contributed by atoms with Gasteiger partial charge in [-0.3, -0.25) is 0 Å². The molecule has 0 fully saturated rings. The zero-order chi connectivity index (χ0) is 18.8. The standard InChI is InChI=1S/C12H11Si.C8H11.C5H5.2ClH.Zr/c1-3-7-11(8-4-1)13-12-9-5-2-6-10-12;1-6-4-5-7(2)8(6)3;1-2-4-5-3-1;;;/h1-10,13H;4H2,1-3H3;1-3H,4H2;2*1H;. The average Bonchev–Trinajstić information content (AvgIpc) is 3.32. The Morgan fingerprint density at radius 2 is 1.31 bits per heavy atom. The summed E-state index contributed by atoms with van der Waals surface area (Å²) in [5.41, 5.74) is 4.78. The fourth-order valence-corrected chi connectivity index (χ4v) is 28.6. The first-order valence-electron chi connectivity index (χ1n) is 9.86. The molecule has 0 bridgehead atoms. The van der Waals surface area contributed by atoms with Crippen molar-refractivity contribution in [2.75, 3.05) is 0 Å². The van der Waals surface area contributed by atoms with Crippen molar-refractivity contribution in [3.8, 4) is 0 Å². The molecule has 0 aliphatic heterocycles. The number of benzene rings is 2. The quantitative estimate of drug-likeness (QED) is 0.435. The van der Waals surface area contributed by atoms with Crippen molar-refractivity contribution < 1.29 is 20.9 Å². The Balaban J connectivity index is 0.00000150. The van der Waals surface area contributed by atoms with Crippen LogP contribution in [-0.2, 0) is 20.9 Å².